The SMILES string of the molecule is CC(C)Nc1cc(N2CCNC(C)C2)n2nc(C3CCCCC3)nc2n1.Cl.Cl. The van der Waals surface area contributed by atoms with Crippen molar-refractivity contribution in [3.8, 4) is 0 Å². The highest BCUT2D eigenvalue weighted by Crippen LogP contribution is 2.31. The number of fused-ring (bicyclic) bond motifs is 1. The number of aromatic nitrogens is 4. The molecular formula is C19H33Cl2N7. The highest BCUT2D eigenvalue weighted by atomic mass is 35.5. The molecule has 1 saturated heterocycles. The summed E-state index contributed by atoms with van der Waals surface area (Å²) in [7, 11) is 0. The molecule has 2 N–H and O–H groups in total. The van der Waals surface area contributed by atoms with Crippen LogP contribution in [-0.4, -0.2) is 51.3 Å². The average Bonchev–Trinajstić information content (AvgIpc) is 3.05. The molecule has 158 valence electrons. The van der Waals surface area contributed by atoms with E-state index in [-0.39, 0.29) is 24.8 Å². The van der Waals surface area contributed by atoms with Gasteiger partial charge in [-0.15, -0.1) is 29.9 Å². The lowest BCUT2D eigenvalue weighted by atomic mass is 9.89. The number of anilines is 2. The molecule has 2 aromatic heterocycles. The second-order valence-electron chi connectivity index (χ2n) is 8.12. The standard InChI is InChI=1S/C19H31N7.2ClH/c1-13(2)21-16-11-17(25-10-9-20-14(3)12-25)26-19(22-16)23-18(24-26)15-7-5-4-6-8-15;;/h11,13-15,20H,4-10,12H2,1-3H3,(H,21,22,23,24);2*1H. The Labute approximate surface area is 179 Å². The first-order valence-electron chi connectivity index (χ1n) is 10.1. The zero-order valence-electron chi connectivity index (χ0n) is 17.0. The zero-order valence-corrected chi connectivity index (χ0v) is 18.7. The van der Waals surface area contributed by atoms with Gasteiger partial charge in [0.1, 0.15) is 11.6 Å². The number of rotatable bonds is 4. The lowest BCUT2D eigenvalue weighted by molar-refractivity contribution is 0.428. The summed E-state index contributed by atoms with van der Waals surface area (Å²) in [5.41, 5.74) is 0. The molecule has 1 unspecified atom stereocenters. The monoisotopic (exact) mass is 429 g/mol. The van der Waals surface area contributed by atoms with Crippen molar-refractivity contribution in [2.45, 2.75) is 70.9 Å². The molecule has 1 aliphatic heterocycles. The largest absolute Gasteiger partial charge is 0.368 e. The highest BCUT2D eigenvalue weighted by molar-refractivity contribution is 5.85. The molecule has 2 fully saturated rings. The molecule has 0 spiro atoms. The van der Waals surface area contributed by atoms with E-state index in [9.17, 15) is 0 Å². The third-order valence-corrected chi connectivity index (χ3v) is 5.41. The summed E-state index contributed by atoms with van der Waals surface area (Å²) >= 11 is 0. The van der Waals surface area contributed by atoms with E-state index in [1.54, 1.807) is 0 Å². The van der Waals surface area contributed by atoms with Crippen LogP contribution in [0.1, 0.15) is 64.6 Å². The molecular weight excluding hydrogens is 397 g/mol. The Morgan fingerprint density at radius 1 is 1.14 bits per heavy atom. The van der Waals surface area contributed by atoms with Crippen LogP contribution in [-0.2, 0) is 0 Å². The Balaban J connectivity index is 0.00000140. The average molecular weight is 430 g/mol. The molecule has 1 atom stereocenters. The van der Waals surface area contributed by atoms with Gasteiger partial charge in [-0.25, -0.2) is 0 Å². The van der Waals surface area contributed by atoms with Crippen molar-refractivity contribution in [1.82, 2.24) is 24.9 Å². The van der Waals surface area contributed by atoms with Gasteiger partial charge in [-0.1, -0.05) is 19.3 Å². The van der Waals surface area contributed by atoms with Crippen LogP contribution in [0.4, 0.5) is 11.6 Å². The molecule has 0 radical (unpaired) electrons. The summed E-state index contributed by atoms with van der Waals surface area (Å²) in [6.07, 6.45) is 6.32. The Morgan fingerprint density at radius 2 is 1.89 bits per heavy atom. The molecule has 3 heterocycles. The van der Waals surface area contributed by atoms with E-state index in [4.69, 9.17) is 15.1 Å². The first-order chi connectivity index (χ1) is 12.6. The maximum absolute atomic E-state index is 4.91. The summed E-state index contributed by atoms with van der Waals surface area (Å²) in [5.74, 6) is 4.17. The number of piperazine rings is 1. The number of hydrogen-bond acceptors (Lipinski definition) is 6. The van der Waals surface area contributed by atoms with Gasteiger partial charge in [0.2, 0.25) is 0 Å². The smallest absolute Gasteiger partial charge is 0.256 e. The predicted molar refractivity (Wildman–Crippen MR) is 120 cm³/mol. The fourth-order valence-corrected chi connectivity index (χ4v) is 4.14. The minimum absolute atomic E-state index is 0. The van der Waals surface area contributed by atoms with Crippen LogP contribution in [0, 0.1) is 0 Å². The van der Waals surface area contributed by atoms with Crippen LogP contribution in [0.2, 0.25) is 0 Å². The molecule has 0 amide bonds. The van der Waals surface area contributed by atoms with Gasteiger partial charge in [-0.05, 0) is 33.6 Å². The van der Waals surface area contributed by atoms with Crippen LogP contribution in [0.25, 0.3) is 5.78 Å². The Hall–Kier alpha value is -1.31. The van der Waals surface area contributed by atoms with Gasteiger partial charge in [0.15, 0.2) is 5.82 Å². The van der Waals surface area contributed by atoms with Crippen molar-refractivity contribution in [2.24, 2.45) is 0 Å². The molecule has 28 heavy (non-hydrogen) atoms. The molecule has 0 aromatic carbocycles. The van der Waals surface area contributed by atoms with Crippen molar-refractivity contribution in [3.05, 3.63) is 11.9 Å². The maximum atomic E-state index is 4.91. The molecule has 2 aliphatic rings. The minimum Gasteiger partial charge on any atom is -0.368 e. The van der Waals surface area contributed by atoms with Crippen LogP contribution < -0.4 is 15.5 Å². The van der Waals surface area contributed by atoms with Crippen LogP contribution in [0.5, 0.6) is 0 Å². The quantitative estimate of drug-likeness (QED) is 0.772. The lowest BCUT2D eigenvalue weighted by Gasteiger charge is -2.33. The maximum Gasteiger partial charge on any atom is 0.256 e. The van der Waals surface area contributed by atoms with Gasteiger partial charge in [-0.3, -0.25) is 0 Å². The summed E-state index contributed by atoms with van der Waals surface area (Å²) in [6.45, 7) is 9.43. The first-order valence-corrected chi connectivity index (χ1v) is 10.1. The fourth-order valence-electron chi connectivity index (χ4n) is 4.14. The molecule has 1 aliphatic carbocycles. The Morgan fingerprint density at radius 3 is 2.57 bits per heavy atom. The van der Waals surface area contributed by atoms with Crippen LogP contribution in [0.15, 0.2) is 6.07 Å². The zero-order chi connectivity index (χ0) is 18.1. The van der Waals surface area contributed by atoms with E-state index in [2.05, 4.69) is 42.4 Å². The number of hydrogen-bond donors (Lipinski definition) is 2. The fraction of sp³-hybridized carbons (Fsp3) is 0.737. The molecule has 4 rings (SSSR count). The highest BCUT2D eigenvalue weighted by Gasteiger charge is 2.24. The first kappa shape index (κ1) is 23.0. The molecule has 9 heteroatoms. The van der Waals surface area contributed by atoms with Gasteiger partial charge >= 0.3 is 0 Å². The topological polar surface area (TPSA) is 70.4 Å². The second kappa shape index (κ2) is 9.94. The third kappa shape index (κ3) is 4.99. The minimum atomic E-state index is 0. The molecule has 1 saturated carbocycles. The van der Waals surface area contributed by atoms with Crippen molar-refractivity contribution in [1.29, 1.82) is 0 Å². The van der Waals surface area contributed by atoms with Gasteiger partial charge < -0.3 is 15.5 Å². The van der Waals surface area contributed by atoms with E-state index < -0.39 is 0 Å². The molecule has 2 aromatic rings. The number of halogens is 2. The van der Waals surface area contributed by atoms with Gasteiger partial charge in [0.25, 0.3) is 5.78 Å². The van der Waals surface area contributed by atoms with Crippen molar-refractivity contribution in [3.63, 3.8) is 0 Å². The third-order valence-electron chi connectivity index (χ3n) is 5.41. The van der Waals surface area contributed by atoms with E-state index in [0.717, 1.165) is 42.9 Å². The summed E-state index contributed by atoms with van der Waals surface area (Å²) in [6, 6.07) is 2.93. The molecule has 7 nitrogen and oxygen atoms in total. The normalized spacial score (nSPS) is 20.7. The van der Waals surface area contributed by atoms with Gasteiger partial charge in [0, 0.05) is 43.7 Å². The molecule has 0 bridgehead atoms. The van der Waals surface area contributed by atoms with E-state index >= 15 is 0 Å². The predicted octanol–water partition coefficient (Wildman–Crippen LogP) is 3.63. The lowest BCUT2D eigenvalue weighted by Crippen LogP contribution is -2.49. The van der Waals surface area contributed by atoms with E-state index in [0.29, 0.717) is 18.0 Å². The van der Waals surface area contributed by atoms with E-state index in [1.165, 1.54) is 32.1 Å². The summed E-state index contributed by atoms with van der Waals surface area (Å²) < 4.78 is 1.97. The summed E-state index contributed by atoms with van der Waals surface area (Å²) in [5, 5.41) is 11.9. The Bertz CT molecular complexity index is 758. The van der Waals surface area contributed by atoms with Crippen LogP contribution >= 0.6 is 24.8 Å². The number of nitrogens with one attached hydrogen (secondary N) is 2. The van der Waals surface area contributed by atoms with Crippen LogP contribution in [0.3, 0.4) is 0 Å². The number of nitrogens with zero attached hydrogens (tertiary/aromatic N) is 5. The Kier molecular flexibility index (Phi) is 8.16. The van der Waals surface area contributed by atoms with E-state index in [1.807, 2.05) is 4.52 Å². The van der Waals surface area contributed by atoms with Crippen molar-refractivity contribution in [2.75, 3.05) is 29.9 Å². The van der Waals surface area contributed by atoms with Crippen molar-refractivity contribution < 1.29 is 0 Å². The second-order valence-corrected chi connectivity index (χ2v) is 8.12. The summed E-state index contributed by atoms with van der Waals surface area (Å²) in [4.78, 5) is 12.0. The van der Waals surface area contributed by atoms with Gasteiger partial charge in [-0.2, -0.15) is 14.5 Å². The van der Waals surface area contributed by atoms with Crippen molar-refractivity contribution >= 4 is 42.2 Å². The van der Waals surface area contributed by atoms with Gasteiger partial charge in [0.05, 0.1) is 0 Å².